The van der Waals surface area contributed by atoms with Gasteiger partial charge in [0.2, 0.25) is 0 Å². The molecule has 0 unspecified atom stereocenters. The maximum atomic E-state index is 11.1. The van der Waals surface area contributed by atoms with Gasteiger partial charge in [-0.15, -0.1) is 12.4 Å². The van der Waals surface area contributed by atoms with Gasteiger partial charge in [0.1, 0.15) is 5.69 Å². The van der Waals surface area contributed by atoms with Crippen LogP contribution in [-0.2, 0) is 0 Å². The van der Waals surface area contributed by atoms with Crippen LogP contribution >= 0.6 is 12.4 Å². The van der Waals surface area contributed by atoms with E-state index in [1.165, 1.54) is 12.4 Å². The zero-order chi connectivity index (χ0) is 10.7. The van der Waals surface area contributed by atoms with E-state index >= 15 is 0 Å². The van der Waals surface area contributed by atoms with Crippen LogP contribution in [0.2, 0.25) is 0 Å². The summed E-state index contributed by atoms with van der Waals surface area (Å²) < 4.78 is 0. The lowest BCUT2D eigenvalue weighted by Crippen LogP contribution is -2.15. The standard InChI is InChI=1S/C10H8N4O.ClH/c11-10(15)9-8(13-4-5-14-9)7-2-1-3-12-6-7;/h1-6H,(H2,11,15);1H. The van der Waals surface area contributed by atoms with Crippen molar-refractivity contribution >= 4 is 18.3 Å². The van der Waals surface area contributed by atoms with Crippen LogP contribution < -0.4 is 5.73 Å². The Kier molecular flexibility index (Phi) is 3.90. The van der Waals surface area contributed by atoms with E-state index < -0.39 is 5.91 Å². The van der Waals surface area contributed by atoms with Crippen LogP contribution in [0.3, 0.4) is 0 Å². The Labute approximate surface area is 98.2 Å². The summed E-state index contributed by atoms with van der Waals surface area (Å²) in [6.45, 7) is 0. The van der Waals surface area contributed by atoms with E-state index in [1.807, 2.05) is 0 Å². The third kappa shape index (κ3) is 2.32. The molecule has 2 heterocycles. The zero-order valence-electron chi connectivity index (χ0n) is 8.20. The van der Waals surface area contributed by atoms with Crippen LogP contribution in [0.5, 0.6) is 0 Å². The highest BCUT2D eigenvalue weighted by molar-refractivity contribution is 5.96. The van der Waals surface area contributed by atoms with Crippen molar-refractivity contribution in [3.05, 3.63) is 42.6 Å². The first kappa shape index (κ1) is 12.1. The molecule has 0 atom stereocenters. The summed E-state index contributed by atoms with van der Waals surface area (Å²) in [5.74, 6) is -0.595. The molecule has 2 rings (SSSR count). The van der Waals surface area contributed by atoms with E-state index in [0.717, 1.165) is 5.56 Å². The lowest BCUT2D eigenvalue weighted by atomic mass is 10.1. The molecule has 0 radical (unpaired) electrons. The molecule has 82 valence electrons. The largest absolute Gasteiger partial charge is 0.364 e. The molecule has 0 aliphatic carbocycles. The molecule has 0 aliphatic heterocycles. The Bertz CT molecular complexity index is 489. The van der Waals surface area contributed by atoms with Gasteiger partial charge in [-0.25, -0.2) is 4.98 Å². The van der Waals surface area contributed by atoms with Gasteiger partial charge in [-0.05, 0) is 12.1 Å². The van der Waals surface area contributed by atoms with Crippen LogP contribution in [0.15, 0.2) is 36.9 Å². The molecule has 2 N–H and O–H groups in total. The molecule has 0 saturated carbocycles. The number of carbonyl (C=O) groups is 1. The molecule has 2 aromatic heterocycles. The molecule has 0 saturated heterocycles. The minimum atomic E-state index is -0.595. The fourth-order valence-corrected chi connectivity index (χ4v) is 1.23. The first-order chi connectivity index (χ1) is 7.29. The highest BCUT2D eigenvalue weighted by atomic mass is 35.5. The van der Waals surface area contributed by atoms with Gasteiger partial charge in [0, 0.05) is 30.4 Å². The number of amides is 1. The average Bonchev–Trinajstić information content (AvgIpc) is 2.30. The number of primary amides is 1. The summed E-state index contributed by atoms with van der Waals surface area (Å²) >= 11 is 0. The van der Waals surface area contributed by atoms with Crippen molar-refractivity contribution in [1.29, 1.82) is 0 Å². The number of aromatic nitrogens is 3. The van der Waals surface area contributed by atoms with Gasteiger partial charge in [-0.3, -0.25) is 14.8 Å². The van der Waals surface area contributed by atoms with Crippen LogP contribution in [-0.4, -0.2) is 20.9 Å². The van der Waals surface area contributed by atoms with E-state index in [-0.39, 0.29) is 18.1 Å². The SMILES string of the molecule is Cl.NC(=O)c1nccnc1-c1cccnc1. The number of rotatable bonds is 2. The van der Waals surface area contributed by atoms with Crippen LogP contribution in [0.4, 0.5) is 0 Å². The maximum absolute atomic E-state index is 11.1. The van der Waals surface area contributed by atoms with E-state index in [4.69, 9.17) is 5.73 Å². The highest BCUT2D eigenvalue weighted by Gasteiger charge is 2.11. The first-order valence-corrected chi connectivity index (χ1v) is 4.30. The highest BCUT2D eigenvalue weighted by Crippen LogP contribution is 2.17. The molecule has 1 amide bonds. The quantitative estimate of drug-likeness (QED) is 0.845. The molecule has 0 fully saturated rings. The second-order valence-corrected chi connectivity index (χ2v) is 2.86. The predicted octanol–water partition coefficient (Wildman–Crippen LogP) is 1.06. The van der Waals surface area contributed by atoms with Crippen molar-refractivity contribution in [1.82, 2.24) is 15.0 Å². The summed E-state index contributed by atoms with van der Waals surface area (Å²) in [6.07, 6.45) is 6.19. The second-order valence-electron chi connectivity index (χ2n) is 2.86. The van der Waals surface area contributed by atoms with Crippen molar-refractivity contribution in [3.63, 3.8) is 0 Å². The van der Waals surface area contributed by atoms with E-state index in [9.17, 15) is 4.79 Å². The molecule has 0 bridgehead atoms. The molecule has 2 aromatic rings. The molecule has 6 heteroatoms. The molecule has 5 nitrogen and oxygen atoms in total. The van der Waals surface area contributed by atoms with E-state index in [1.54, 1.807) is 24.5 Å². The number of halogens is 1. The van der Waals surface area contributed by atoms with Crippen LogP contribution in [0, 0.1) is 0 Å². The number of nitrogens with two attached hydrogens (primary N) is 1. The Balaban J connectivity index is 0.00000128. The Morgan fingerprint density at radius 1 is 1.19 bits per heavy atom. The summed E-state index contributed by atoms with van der Waals surface area (Å²) in [5, 5.41) is 0. The van der Waals surface area contributed by atoms with Crippen LogP contribution in [0.25, 0.3) is 11.3 Å². The third-order valence-corrected chi connectivity index (χ3v) is 1.87. The number of hydrogen-bond acceptors (Lipinski definition) is 4. The Morgan fingerprint density at radius 2 is 1.94 bits per heavy atom. The third-order valence-electron chi connectivity index (χ3n) is 1.87. The van der Waals surface area contributed by atoms with Gasteiger partial charge in [-0.1, -0.05) is 0 Å². The topological polar surface area (TPSA) is 81.8 Å². The normalized spacial score (nSPS) is 9.25. The summed E-state index contributed by atoms with van der Waals surface area (Å²) in [6, 6.07) is 3.55. The predicted molar refractivity (Wildman–Crippen MR) is 61.0 cm³/mol. The number of carbonyl (C=O) groups excluding carboxylic acids is 1. The van der Waals surface area contributed by atoms with Gasteiger partial charge in [-0.2, -0.15) is 0 Å². The van der Waals surface area contributed by atoms with Crippen molar-refractivity contribution in [2.75, 3.05) is 0 Å². The van der Waals surface area contributed by atoms with Crippen molar-refractivity contribution in [2.24, 2.45) is 5.73 Å². The summed E-state index contributed by atoms with van der Waals surface area (Å²) in [4.78, 5) is 23.0. The monoisotopic (exact) mass is 236 g/mol. The van der Waals surface area contributed by atoms with Gasteiger partial charge in [0.25, 0.3) is 5.91 Å². The van der Waals surface area contributed by atoms with E-state index in [2.05, 4.69) is 15.0 Å². The number of hydrogen-bond donors (Lipinski definition) is 1. The summed E-state index contributed by atoms with van der Waals surface area (Å²) in [7, 11) is 0. The minimum absolute atomic E-state index is 0. The number of nitrogens with zero attached hydrogens (tertiary/aromatic N) is 3. The zero-order valence-corrected chi connectivity index (χ0v) is 9.02. The molecular weight excluding hydrogens is 228 g/mol. The Morgan fingerprint density at radius 3 is 2.56 bits per heavy atom. The lowest BCUT2D eigenvalue weighted by molar-refractivity contribution is 0.0996. The van der Waals surface area contributed by atoms with Crippen molar-refractivity contribution in [3.8, 4) is 11.3 Å². The molecule has 0 spiro atoms. The van der Waals surface area contributed by atoms with Gasteiger partial charge < -0.3 is 5.73 Å². The smallest absolute Gasteiger partial charge is 0.269 e. The van der Waals surface area contributed by atoms with Crippen molar-refractivity contribution < 1.29 is 4.79 Å². The lowest BCUT2D eigenvalue weighted by Gasteiger charge is -2.02. The molecule has 16 heavy (non-hydrogen) atoms. The van der Waals surface area contributed by atoms with Crippen LogP contribution in [0.1, 0.15) is 10.5 Å². The molecular formula is C10H9ClN4O. The first-order valence-electron chi connectivity index (χ1n) is 4.30. The fraction of sp³-hybridized carbons (Fsp3) is 0. The molecule has 0 aliphatic rings. The van der Waals surface area contributed by atoms with Gasteiger partial charge in [0.05, 0.1) is 0 Å². The summed E-state index contributed by atoms with van der Waals surface area (Å²) in [5.41, 5.74) is 6.53. The van der Waals surface area contributed by atoms with Gasteiger partial charge >= 0.3 is 0 Å². The van der Waals surface area contributed by atoms with E-state index in [0.29, 0.717) is 5.69 Å². The van der Waals surface area contributed by atoms with Gasteiger partial charge in [0.15, 0.2) is 5.69 Å². The Hall–Kier alpha value is -2.01. The van der Waals surface area contributed by atoms with Crippen molar-refractivity contribution in [2.45, 2.75) is 0 Å². The maximum Gasteiger partial charge on any atom is 0.269 e. The fourth-order valence-electron chi connectivity index (χ4n) is 1.23. The average molecular weight is 237 g/mol. The number of pyridine rings is 1. The second kappa shape index (κ2) is 5.18. The molecule has 0 aromatic carbocycles. The minimum Gasteiger partial charge on any atom is -0.364 e.